The van der Waals surface area contributed by atoms with Crippen LogP contribution in [0.15, 0.2) is 24.3 Å². The van der Waals surface area contributed by atoms with Gasteiger partial charge in [0, 0.05) is 5.69 Å². The zero-order chi connectivity index (χ0) is 16.2. The number of nitrogens with one attached hydrogen (secondary N) is 1. The number of ether oxygens (including phenoxy) is 1. The van der Waals surface area contributed by atoms with Gasteiger partial charge in [0.05, 0.1) is 11.5 Å². The summed E-state index contributed by atoms with van der Waals surface area (Å²) in [5, 5.41) is 2.28. The second kappa shape index (κ2) is 6.81. The fourth-order valence-corrected chi connectivity index (χ4v) is 2.39. The average Bonchev–Trinajstić information content (AvgIpc) is 2.98. The third kappa shape index (κ3) is 4.47. The molecule has 1 fully saturated rings. The number of hydrogen-bond acceptors (Lipinski definition) is 3. The van der Waals surface area contributed by atoms with Crippen molar-refractivity contribution < 1.29 is 27.5 Å². The Balaban J connectivity index is 1.85. The first-order valence-electron chi connectivity index (χ1n) is 7.00. The van der Waals surface area contributed by atoms with E-state index in [0.717, 1.165) is 37.8 Å². The highest BCUT2D eigenvalue weighted by molar-refractivity contribution is 5.93. The molecule has 0 radical (unpaired) electrons. The lowest BCUT2D eigenvalue weighted by molar-refractivity contribution is -0.151. The topological polar surface area (TPSA) is 55.4 Å². The van der Waals surface area contributed by atoms with E-state index >= 15 is 0 Å². The maximum atomic E-state index is 12.5. The van der Waals surface area contributed by atoms with Gasteiger partial charge in [0.25, 0.3) is 5.91 Å². The third-order valence-corrected chi connectivity index (χ3v) is 3.51. The molecule has 4 nitrogen and oxygen atoms in total. The Morgan fingerprint density at radius 3 is 2.55 bits per heavy atom. The molecule has 0 aliphatic heterocycles. The van der Waals surface area contributed by atoms with E-state index in [2.05, 4.69) is 5.32 Å². The molecule has 0 spiro atoms. The minimum Gasteiger partial charge on any atom is -0.455 e. The van der Waals surface area contributed by atoms with Crippen LogP contribution in [0.5, 0.6) is 0 Å². The van der Waals surface area contributed by atoms with Crippen molar-refractivity contribution >= 4 is 17.6 Å². The molecule has 1 aromatic carbocycles. The summed E-state index contributed by atoms with van der Waals surface area (Å²) in [5.41, 5.74) is -0.843. The van der Waals surface area contributed by atoms with E-state index in [-0.39, 0.29) is 11.6 Å². The van der Waals surface area contributed by atoms with Crippen LogP contribution in [0.2, 0.25) is 0 Å². The monoisotopic (exact) mass is 315 g/mol. The molecule has 0 saturated heterocycles. The van der Waals surface area contributed by atoms with Gasteiger partial charge in [-0.25, -0.2) is 0 Å². The number of alkyl halides is 3. The molecule has 2 rings (SSSR count). The smallest absolute Gasteiger partial charge is 0.416 e. The minimum atomic E-state index is -4.48. The van der Waals surface area contributed by atoms with Crippen LogP contribution in [0.25, 0.3) is 0 Å². The number of hydrogen-bond donors (Lipinski definition) is 1. The molecule has 1 N–H and O–H groups in total. The molecule has 0 aromatic heterocycles. The zero-order valence-corrected chi connectivity index (χ0v) is 11.8. The van der Waals surface area contributed by atoms with Gasteiger partial charge in [-0.05, 0) is 31.0 Å². The SMILES string of the molecule is O=C(COC(=O)C1CCCC1)Nc1cccc(C(F)(F)F)c1. The molecular weight excluding hydrogens is 299 g/mol. The van der Waals surface area contributed by atoms with Crippen molar-refractivity contribution in [3.8, 4) is 0 Å². The molecule has 1 aromatic rings. The van der Waals surface area contributed by atoms with Crippen LogP contribution in [-0.4, -0.2) is 18.5 Å². The normalized spacial score (nSPS) is 15.6. The Kier molecular flexibility index (Phi) is 5.05. The van der Waals surface area contributed by atoms with Crippen LogP contribution in [-0.2, 0) is 20.5 Å². The summed E-state index contributed by atoms with van der Waals surface area (Å²) in [4.78, 5) is 23.3. The van der Waals surface area contributed by atoms with E-state index in [1.54, 1.807) is 0 Å². The molecule has 0 unspecified atom stereocenters. The Morgan fingerprint density at radius 2 is 1.91 bits per heavy atom. The van der Waals surface area contributed by atoms with Crippen molar-refractivity contribution in [1.29, 1.82) is 0 Å². The predicted molar refractivity (Wildman–Crippen MR) is 73.0 cm³/mol. The van der Waals surface area contributed by atoms with Crippen molar-refractivity contribution in [2.75, 3.05) is 11.9 Å². The molecule has 22 heavy (non-hydrogen) atoms. The molecule has 0 bridgehead atoms. The van der Waals surface area contributed by atoms with E-state index in [1.807, 2.05) is 0 Å². The van der Waals surface area contributed by atoms with Crippen LogP contribution in [0, 0.1) is 5.92 Å². The zero-order valence-electron chi connectivity index (χ0n) is 11.8. The number of benzene rings is 1. The quantitative estimate of drug-likeness (QED) is 0.867. The molecule has 7 heteroatoms. The van der Waals surface area contributed by atoms with E-state index in [1.165, 1.54) is 12.1 Å². The second-order valence-electron chi connectivity index (χ2n) is 5.22. The van der Waals surface area contributed by atoms with Gasteiger partial charge in [-0.1, -0.05) is 18.9 Å². The number of amides is 1. The Hall–Kier alpha value is -2.05. The highest BCUT2D eigenvalue weighted by Crippen LogP contribution is 2.30. The van der Waals surface area contributed by atoms with E-state index in [0.29, 0.717) is 0 Å². The summed E-state index contributed by atoms with van der Waals surface area (Å²) < 4.78 is 42.5. The third-order valence-electron chi connectivity index (χ3n) is 3.51. The summed E-state index contributed by atoms with van der Waals surface area (Å²) >= 11 is 0. The van der Waals surface area contributed by atoms with Crippen LogP contribution >= 0.6 is 0 Å². The molecule has 1 aliphatic carbocycles. The van der Waals surface area contributed by atoms with Crippen molar-refractivity contribution in [1.82, 2.24) is 0 Å². The van der Waals surface area contributed by atoms with Gasteiger partial charge in [0.15, 0.2) is 6.61 Å². The van der Waals surface area contributed by atoms with Gasteiger partial charge in [0.2, 0.25) is 0 Å². The van der Waals surface area contributed by atoms with Gasteiger partial charge in [-0.2, -0.15) is 13.2 Å². The Bertz CT molecular complexity index is 551. The van der Waals surface area contributed by atoms with Crippen LogP contribution < -0.4 is 5.32 Å². The standard InChI is InChI=1S/C15H16F3NO3/c16-15(17,18)11-6-3-7-12(8-11)19-13(20)9-22-14(21)10-4-1-2-5-10/h3,6-8,10H,1-2,4-5,9H2,(H,19,20). The van der Waals surface area contributed by atoms with E-state index in [9.17, 15) is 22.8 Å². The van der Waals surface area contributed by atoms with Crippen LogP contribution in [0.3, 0.4) is 0 Å². The van der Waals surface area contributed by atoms with E-state index in [4.69, 9.17) is 4.74 Å². The van der Waals surface area contributed by atoms with Crippen LogP contribution in [0.1, 0.15) is 31.2 Å². The van der Waals surface area contributed by atoms with Gasteiger partial charge in [0.1, 0.15) is 0 Å². The van der Waals surface area contributed by atoms with Crippen molar-refractivity contribution in [2.24, 2.45) is 5.92 Å². The number of halogens is 3. The first-order chi connectivity index (χ1) is 10.4. The number of esters is 1. The number of carbonyl (C=O) groups excluding carboxylic acids is 2. The van der Waals surface area contributed by atoms with Crippen LogP contribution in [0.4, 0.5) is 18.9 Å². The first kappa shape index (κ1) is 16.3. The molecule has 1 amide bonds. The van der Waals surface area contributed by atoms with Crippen molar-refractivity contribution in [3.63, 3.8) is 0 Å². The molecule has 0 heterocycles. The highest BCUT2D eigenvalue weighted by atomic mass is 19.4. The second-order valence-corrected chi connectivity index (χ2v) is 5.22. The maximum Gasteiger partial charge on any atom is 0.416 e. The summed E-state index contributed by atoms with van der Waals surface area (Å²) in [6.07, 6.45) is -1.02. The summed E-state index contributed by atoms with van der Waals surface area (Å²) in [6, 6.07) is 4.28. The summed E-state index contributed by atoms with van der Waals surface area (Å²) in [7, 11) is 0. The molecule has 1 aliphatic rings. The molecule has 1 saturated carbocycles. The van der Waals surface area contributed by atoms with Gasteiger partial charge >= 0.3 is 12.1 Å². The van der Waals surface area contributed by atoms with Gasteiger partial charge in [-0.15, -0.1) is 0 Å². The molecule has 0 atom stereocenters. The predicted octanol–water partition coefficient (Wildman–Crippen LogP) is 3.38. The van der Waals surface area contributed by atoms with Gasteiger partial charge < -0.3 is 10.1 Å². The first-order valence-corrected chi connectivity index (χ1v) is 7.00. The summed E-state index contributed by atoms with van der Waals surface area (Å²) in [6.45, 7) is -0.494. The van der Waals surface area contributed by atoms with Crippen molar-refractivity contribution in [2.45, 2.75) is 31.9 Å². The average molecular weight is 315 g/mol. The molecular formula is C15H16F3NO3. The van der Waals surface area contributed by atoms with Gasteiger partial charge in [-0.3, -0.25) is 9.59 Å². The largest absolute Gasteiger partial charge is 0.455 e. The minimum absolute atomic E-state index is 0.0109. The number of rotatable bonds is 4. The lowest BCUT2D eigenvalue weighted by atomic mass is 10.1. The lowest BCUT2D eigenvalue weighted by Crippen LogP contribution is -2.24. The molecule has 120 valence electrons. The number of carbonyl (C=O) groups is 2. The Morgan fingerprint density at radius 1 is 1.23 bits per heavy atom. The number of anilines is 1. The highest BCUT2D eigenvalue weighted by Gasteiger charge is 2.30. The lowest BCUT2D eigenvalue weighted by Gasteiger charge is -2.11. The fourth-order valence-electron chi connectivity index (χ4n) is 2.39. The fraction of sp³-hybridized carbons (Fsp3) is 0.467. The Labute approximate surface area is 125 Å². The summed E-state index contributed by atoms with van der Waals surface area (Å²) in [5.74, 6) is -1.25. The van der Waals surface area contributed by atoms with E-state index < -0.39 is 30.2 Å². The van der Waals surface area contributed by atoms with Crippen molar-refractivity contribution in [3.05, 3.63) is 29.8 Å². The maximum absolute atomic E-state index is 12.5.